The van der Waals surface area contributed by atoms with Crippen LogP contribution in [-0.2, 0) is 6.42 Å². The van der Waals surface area contributed by atoms with Crippen LogP contribution < -0.4 is 14.8 Å². The molecule has 0 aliphatic carbocycles. The van der Waals surface area contributed by atoms with Gasteiger partial charge in [-0.05, 0) is 48.2 Å². The first kappa shape index (κ1) is 22.5. The van der Waals surface area contributed by atoms with E-state index in [1.165, 1.54) is 17.3 Å². The van der Waals surface area contributed by atoms with Gasteiger partial charge < -0.3 is 19.9 Å². The van der Waals surface area contributed by atoms with E-state index in [0.717, 1.165) is 34.5 Å². The van der Waals surface area contributed by atoms with Crippen molar-refractivity contribution >= 4 is 33.9 Å². The molecule has 0 unspecified atom stereocenters. The average molecular weight is 464 g/mol. The minimum absolute atomic E-state index is 0.166. The van der Waals surface area contributed by atoms with Gasteiger partial charge in [-0.25, -0.2) is 14.8 Å². The van der Waals surface area contributed by atoms with Gasteiger partial charge in [0.05, 0.1) is 24.3 Å². The molecule has 2 aromatic heterocycles. The normalized spacial score (nSPS) is 10.9. The minimum Gasteiger partial charge on any atom is -0.496 e. The summed E-state index contributed by atoms with van der Waals surface area (Å²) >= 11 is 1.14. The van der Waals surface area contributed by atoms with Gasteiger partial charge in [-0.3, -0.25) is 0 Å². The second-order valence-corrected chi connectivity index (χ2v) is 8.46. The largest absolute Gasteiger partial charge is 0.496 e. The summed E-state index contributed by atoms with van der Waals surface area (Å²) in [5.41, 5.74) is 3.01. The standard InChI is InChI=1S/C25H25N3O4S/c1-4-32-21-13-22(33-24(21)25(29)30)19-12-23(28-14-27-19)26-10-9-18-15(2)17-8-6-5-7-16(17)11-20(18)31-3/h5-8,11-14H,4,9-10H2,1-3H3,(H,29,30)(H,26,27,28). The van der Waals surface area contributed by atoms with E-state index in [2.05, 4.69) is 40.4 Å². The molecule has 0 atom stereocenters. The molecule has 2 heterocycles. The summed E-state index contributed by atoms with van der Waals surface area (Å²) in [6.07, 6.45) is 2.23. The molecule has 2 aromatic carbocycles. The van der Waals surface area contributed by atoms with Gasteiger partial charge in [0.15, 0.2) is 4.88 Å². The van der Waals surface area contributed by atoms with E-state index in [-0.39, 0.29) is 4.88 Å². The molecule has 0 saturated heterocycles. The lowest BCUT2D eigenvalue weighted by atomic mass is 9.97. The number of carboxylic acid groups (broad SMARTS) is 1. The number of methoxy groups -OCH3 is 1. The van der Waals surface area contributed by atoms with Crippen molar-refractivity contribution in [3.8, 4) is 22.1 Å². The molecule has 0 bridgehead atoms. The fourth-order valence-corrected chi connectivity index (χ4v) is 4.76. The predicted octanol–water partition coefficient (Wildman–Crippen LogP) is 5.43. The van der Waals surface area contributed by atoms with Crippen LogP contribution in [0, 0.1) is 6.92 Å². The lowest BCUT2D eigenvalue weighted by Gasteiger charge is -2.15. The van der Waals surface area contributed by atoms with Crippen LogP contribution >= 0.6 is 11.3 Å². The van der Waals surface area contributed by atoms with Gasteiger partial charge in [0, 0.05) is 18.7 Å². The number of nitrogens with one attached hydrogen (secondary N) is 1. The van der Waals surface area contributed by atoms with E-state index in [1.54, 1.807) is 13.2 Å². The van der Waals surface area contributed by atoms with Gasteiger partial charge in [0.2, 0.25) is 0 Å². The fraction of sp³-hybridized carbons (Fsp3) is 0.240. The first-order valence-corrected chi connectivity index (χ1v) is 11.4. The Hall–Kier alpha value is -3.65. The highest BCUT2D eigenvalue weighted by molar-refractivity contribution is 7.17. The zero-order valence-electron chi connectivity index (χ0n) is 18.7. The maximum atomic E-state index is 11.5. The Kier molecular flexibility index (Phi) is 6.74. The third-order valence-corrected chi connectivity index (χ3v) is 6.54. The Bertz CT molecular complexity index is 1300. The molecule has 0 radical (unpaired) electrons. The summed E-state index contributed by atoms with van der Waals surface area (Å²) in [6, 6.07) is 13.9. The molecule has 0 spiro atoms. The van der Waals surface area contributed by atoms with Gasteiger partial charge in [0.25, 0.3) is 0 Å². The second kappa shape index (κ2) is 9.87. The molecule has 4 aromatic rings. The Labute approximate surface area is 196 Å². The number of aromatic nitrogens is 2. The minimum atomic E-state index is -1.01. The van der Waals surface area contributed by atoms with Crippen molar-refractivity contribution in [3.05, 3.63) is 64.8 Å². The number of benzene rings is 2. The summed E-state index contributed by atoms with van der Waals surface area (Å²) in [5, 5.41) is 15.2. The lowest BCUT2D eigenvalue weighted by Crippen LogP contribution is -2.09. The SMILES string of the molecule is CCOc1cc(-c2cc(NCCc3c(OC)cc4ccccc4c3C)ncn2)sc1C(=O)O. The third-order valence-electron chi connectivity index (χ3n) is 5.41. The van der Waals surface area contributed by atoms with Crippen molar-refractivity contribution in [2.24, 2.45) is 0 Å². The highest BCUT2D eigenvalue weighted by Gasteiger charge is 2.18. The molecule has 2 N–H and O–H groups in total. The molecule has 7 nitrogen and oxygen atoms in total. The molecular formula is C25H25N3O4S. The first-order chi connectivity index (χ1) is 16.0. The summed E-state index contributed by atoms with van der Waals surface area (Å²) < 4.78 is 11.1. The number of hydrogen-bond acceptors (Lipinski definition) is 7. The highest BCUT2D eigenvalue weighted by Crippen LogP contribution is 2.36. The van der Waals surface area contributed by atoms with Crippen molar-refractivity contribution in [2.45, 2.75) is 20.3 Å². The summed E-state index contributed by atoms with van der Waals surface area (Å²) in [5.74, 6) is 0.888. The van der Waals surface area contributed by atoms with Crippen molar-refractivity contribution in [1.82, 2.24) is 9.97 Å². The van der Waals surface area contributed by atoms with Crippen molar-refractivity contribution < 1.29 is 19.4 Å². The smallest absolute Gasteiger partial charge is 0.349 e. The Morgan fingerprint density at radius 1 is 1.15 bits per heavy atom. The second-order valence-electron chi connectivity index (χ2n) is 7.41. The van der Waals surface area contributed by atoms with Crippen LogP contribution in [0.3, 0.4) is 0 Å². The summed E-state index contributed by atoms with van der Waals surface area (Å²) in [4.78, 5) is 21.0. The highest BCUT2D eigenvalue weighted by atomic mass is 32.1. The van der Waals surface area contributed by atoms with E-state index in [9.17, 15) is 9.90 Å². The number of aryl methyl sites for hydroxylation is 1. The quantitative estimate of drug-likeness (QED) is 0.342. The van der Waals surface area contributed by atoms with Crippen molar-refractivity contribution in [3.63, 3.8) is 0 Å². The summed E-state index contributed by atoms with van der Waals surface area (Å²) in [7, 11) is 1.69. The monoisotopic (exact) mass is 463 g/mol. The Balaban J connectivity index is 1.52. The molecule has 8 heteroatoms. The number of anilines is 1. The zero-order chi connectivity index (χ0) is 23.4. The average Bonchev–Trinajstić information content (AvgIpc) is 3.25. The van der Waals surface area contributed by atoms with Crippen LogP contribution in [0.5, 0.6) is 11.5 Å². The topological polar surface area (TPSA) is 93.6 Å². The zero-order valence-corrected chi connectivity index (χ0v) is 19.5. The molecule has 33 heavy (non-hydrogen) atoms. The van der Waals surface area contributed by atoms with Gasteiger partial charge in [0.1, 0.15) is 23.6 Å². The van der Waals surface area contributed by atoms with E-state index in [4.69, 9.17) is 9.47 Å². The third kappa shape index (κ3) is 4.75. The van der Waals surface area contributed by atoms with Gasteiger partial charge in [-0.1, -0.05) is 24.3 Å². The molecule has 4 rings (SSSR count). The lowest BCUT2D eigenvalue weighted by molar-refractivity contribution is 0.0698. The Morgan fingerprint density at radius 3 is 2.73 bits per heavy atom. The van der Waals surface area contributed by atoms with E-state index < -0.39 is 5.97 Å². The van der Waals surface area contributed by atoms with Crippen LogP contribution in [0.1, 0.15) is 27.7 Å². The Morgan fingerprint density at radius 2 is 1.97 bits per heavy atom. The maximum absolute atomic E-state index is 11.5. The number of carboxylic acids is 1. The van der Waals surface area contributed by atoms with Crippen LogP contribution in [0.15, 0.2) is 48.8 Å². The number of hydrogen-bond donors (Lipinski definition) is 2. The van der Waals surface area contributed by atoms with Gasteiger partial charge in [-0.2, -0.15) is 0 Å². The molecule has 0 amide bonds. The van der Waals surface area contributed by atoms with E-state index >= 15 is 0 Å². The van der Waals surface area contributed by atoms with Crippen LogP contribution in [-0.4, -0.2) is 41.3 Å². The van der Waals surface area contributed by atoms with Crippen molar-refractivity contribution in [1.29, 1.82) is 0 Å². The molecule has 170 valence electrons. The van der Waals surface area contributed by atoms with Crippen molar-refractivity contribution in [2.75, 3.05) is 25.6 Å². The van der Waals surface area contributed by atoms with E-state index in [0.29, 0.717) is 35.3 Å². The molecular weight excluding hydrogens is 438 g/mol. The molecule has 0 aliphatic heterocycles. The molecule has 0 aliphatic rings. The van der Waals surface area contributed by atoms with Crippen LogP contribution in [0.25, 0.3) is 21.3 Å². The number of fused-ring (bicyclic) bond motifs is 1. The number of nitrogens with zero attached hydrogens (tertiary/aromatic N) is 2. The van der Waals surface area contributed by atoms with Gasteiger partial charge >= 0.3 is 5.97 Å². The predicted molar refractivity (Wildman–Crippen MR) is 131 cm³/mol. The maximum Gasteiger partial charge on any atom is 0.349 e. The van der Waals surface area contributed by atoms with E-state index in [1.807, 2.05) is 25.1 Å². The summed E-state index contributed by atoms with van der Waals surface area (Å²) in [6.45, 7) is 4.99. The number of ether oxygens (including phenoxy) is 2. The van der Waals surface area contributed by atoms with Crippen LogP contribution in [0.4, 0.5) is 5.82 Å². The fourth-order valence-electron chi connectivity index (χ4n) is 3.85. The molecule has 0 saturated carbocycles. The number of aromatic carboxylic acids is 1. The molecule has 0 fully saturated rings. The first-order valence-electron chi connectivity index (χ1n) is 10.6. The number of thiophene rings is 1. The number of rotatable bonds is 9. The number of carbonyl (C=O) groups is 1. The van der Waals surface area contributed by atoms with Crippen LogP contribution in [0.2, 0.25) is 0 Å². The van der Waals surface area contributed by atoms with Gasteiger partial charge in [-0.15, -0.1) is 11.3 Å².